The molecular formula is C18H17BrFNO2. The molecule has 0 bridgehead atoms. The fourth-order valence-corrected chi connectivity index (χ4v) is 2.83. The van der Waals surface area contributed by atoms with Crippen LogP contribution in [0.1, 0.15) is 21.5 Å². The molecule has 0 spiro atoms. The van der Waals surface area contributed by atoms with Gasteiger partial charge in [0.1, 0.15) is 5.82 Å². The van der Waals surface area contributed by atoms with E-state index in [4.69, 9.17) is 4.74 Å². The maximum Gasteiger partial charge on any atom is 0.193 e. The lowest BCUT2D eigenvalue weighted by atomic mass is 10.0. The summed E-state index contributed by atoms with van der Waals surface area (Å²) in [5, 5.41) is 0. The van der Waals surface area contributed by atoms with E-state index < -0.39 is 5.82 Å². The van der Waals surface area contributed by atoms with Crippen LogP contribution in [0.3, 0.4) is 0 Å². The number of halogens is 2. The highest BCUT2D eigenvalue weighted by Crippen LogP contribution is 2.19. The van der Waals surface area contributed by atoms with Gasteiger partial charge in [-0.2, -0.15) is 0 Å². The van der Waals surface area contributed by atoms with Crippen molar-refractivity contribution in [1.29, 1.82) is 0 Å². The molecule has 0 unspecified atom stereocenters. The standard InChI is InChI=1S/C18H17BrFNO2/c19-16-6-5-15(11-17(16)20)18(22)14-3-1-13(2-4-14)12-21-7-9-23-10-8-21/h1-6,11H,7-10,12H2. The highest BCUT2D eigenvalue weighted by molar-refractivity contribution is 9.10. The molecule has 1 saturated heterocycles. The summed E-state index contributed by atoms with van der Waals surface area (Å²) in [5.74, 6) is -0.603. The molecule has 2 aromatic rings. The van der Waals surface area contributed by atoms with Crippen molar-refractivity contribution in [1.82, 2.24) is 4.90 Å². The van der Waals surface area contributed by atoms with Crippen molar-refractivity contribution < 1.29 is 13.9 Å². The van der Waals surface area contributed by atoms with Crippen molar-refractivity contribution in [2.45, 2.75) is 6.54 Å². The highest BCUT2D eigenvalue weighted by atomic mass is 79.9. The van der Waals surface area contributed by atoms with E-state index in [0.717, 1.165) is 38.4 Å². The van der Waals surface area contributed by atoms with Gasteiger partial charge in [0.2, 0.25) is 0 Å². The summed E-state index contributed by atoms with van der Waals surface area (Å²) in [6.07, 6.45) is 0. The minimum Gasteiger partial charge on any atom is -0.379 e. The molecule has 0 aliphatic carbocycles. The summed E-state index contributed by atoms with van der Waals surface area (Å²) < 4.78 is 19.3. The molecular weight excluding hydrogens is 361 g/mol. The van der Waals surface area contributed by atoms with Crippen molar-refractivity contribution >= 4 is 21.7 Å². The van der Waals surface area contributed by atoms with E-state index in [0.29, 0.717) is 15.6 Å². The van der Waals surface area contributed by atoms with Crippen molar-refractivity contribution in [3.8, 4) is 0 Å². The monoisotopic (exact) mass is 377 g/mol. The minimum atomic E-state index is -0.431. The average molecular weight is 378 g/mol. The molecule has 0 aromatic heterocycles. The second kappa shape index (κ2) is 7.34. The number of benzene rings is 2. The Hall–Kier alpha value is -1.56. The van der Waals surface area contributed by atoms with Gasteiger partial charge in [-0.3, -0.25) is 9.69 Å². The molecule has 0 N–H and O–H groups in total. The van der Waals surface area contributed by atoms with Crippen molar-refractivity contribution in [2.24, 2.45) is 0 Å². The largest absolute Gasteiger partial charge is 0.379 e. The molecule has 0 saturated carbocycles. The lowest BCUT2D eigenvalue weighted by Gasteiger charge is -2.26. The predicted octanol–water partition coefficient (Wildman–Crippen LogP) is 3.65. The lowest BCUT2D eigenvalue weighted by molar-refractivity contribution is 0.0342. The quantitative estimate of drug-likeness (QED) is 0.761. The van der Waals surface area contributed by atoms with E-state index in [-0.39, 0.29) is 5.78 Å². The second-order valence-corrected chi connectivity index (χ2v) is 6.40. The zero-order valence-electron chi connectivity index (χ0n) is 12.6. The first-order chi connectivity index (χ1) is 11.1. The molecule has 1 fully saturated rings. The summed E-state index contributed by atoms with van der Waals surface area (Å²) in [4.78, 5) is 14.7. The van der Waals surface area contributed by atoms with Crippen LogP contribution >= 0.6 is 15.9 Å². The minimum absolute atomic E-state index is 0.172. The van der Waals surface area contributed by atoms with Crippen LogP contribution in [0.25, 0.3) is 0 Å². The van der Waals surface area contributed by atoms with Gasteiger partial charge in [-0.1, -0.05) is 24.3 Å². The van der Waals surface area contributed by atoms with Crippen molar-refractivity contribution in [2.75, 3.05) is 26.3 Å². The first-order valence-electron chi connectivity index (χ1n) is 7.52. The number of rotatable bonds is 4. The van der Waals surface area contributed by atoms with Crippen LogP contribution in [0.4, 0.5) is 4.39 Å². The maximum atomic E-state index is 13.6. The number of hydrogen-bond donors (Lipinski definition) is 0. The maximum absolute atomic E-state index is 13.6. The molecule has 3 rings (SSSR count). The molecule has 0 amide bonds. The van der Waals surface area contributed by atoms with Gasteiger partial charge in [0, 0.05) is 30.8 Å². The second-order valence-electron chi connectivity index (χ2n) is 5.54. The zero-order valence-corrected chi connectivity index (χ0v) is 14.2. The molecule has 3 nitrogen and oxygen atoms in total. The van der Waals surface area contributed by atoms with Gasteiger partial charge in [0.25, 0.3) is 0 Å². The number of morpholine rings is 1. The van der Waals surface area contributed by atoms with Crippen LogP contribution in [-0.4, -0.2) is 37.0 Å². The van der Waals surface area contributed by atoms with E-state index in [1.165, 1.54) is 6.07 Å². The molecule has 2 aromatic carbocycles. The van der Waals surface area contributed by atoms with Gasteiger partial charge >= 0.3 is 0 Å². The molecule has 23 heavy (non-hydrogen) atoms. The third-order valence-electron chi connectivity index (χ3n) is 3.91. The van der Waals surface area contributed by atoms with Crippen LogP contribution in [0.5, 0.6) is 0 Å². The summed E-state index contributed by atoms with van der Waals surface area (Å²) in [5.41, 5.74) is 2.08. The fourth-order valence-electron chi connectivity index (χ4n) is 2.58. The Morgan fingerprint density at radius 2 is 1.74 bits per heavy atom. The van der Waals surface area contributed by atoms with E-state index >= 15 is 0 Å². The summed E-state index contributed by atoms with van der Waals surface area (Å²) in [6, 6.07) is 12.0. The van der Waals surface area contributed by atoms with Gasteiger partial charge in [-0.05, 0) is 39.7 Å². The molecule has 5 heteroatoms. The van der Waals surface area contributed by atoms with Gasteiger partial charge in [0.15, 0.2) is 5.78 Å². The van der Waals surface area contributed by atoms with E-state index in [9.17, 15) is 9.18 Å². The molecule has 0 radical (unpaired) electrons. The van der Waals surface area contributed by atoms with Gasteiger partial charge in [-0.25, -0.2) is 4.39 Å². The number of carbonyl (C=O) groups excluding carboxylic acids is 1. The number of ether oxygens (including phenoxy) is 1. The third-order valence-corrected chi connectivity index (χ3v) is 4.55. The van der Waals surface area contributed by atoms with Crippen molar-refractivity contribution in [3.63, 3.8) is 0 Å². The van der Waals surface area contributed by atoms with Gasteiger partial charge < -0.3 is 4.74 Å². The number of hydrogen-bond acceptors (Lipinski definition) is 3. The zero-order chi connectivity index (χ0) is 16.2. The first-order valence-corrected chi connectivity index (χ1v) is 8.31. The Morgan fingerprint density at radius 1 is 1.09 bits per heavy atom. The Morgan fingerprint density at radius 3 is 2.39 bits per heavy atom. The van der Waals surface area contributed by atoms with E-state index in [2.05, 4.69) is 20.8 Å². The SMILES string of the molecule is O=C(c1ccc(CN2CCOCC2)cc1)c1ccc(Br)c(F)c1. The first kappa shape index (κ1) is 16.3. The normalized spacial score (nSPS) is 15.6. The molecule has 1 aliphatic heterocycles. The fraction of sp³-hybridized carbons (Fsp3) is 0.278. The van der Waals surface area contributed by atoms with Crippen molar-refractivity contribution in [3.05, 3.63) is 69.4 Å². The highest BCUT2D eigenvalue weighted by Gasteiger charge is 2.13. The Kier molecular flexibility index (Phi) is 5.20. The topological polar surface area (TPSA) is 29.5 Å². The molecule has 1 heterocycles. The number of ketones is 1. The molecule has 1 aliphatic rings. The number of nitrogens with zero attached hydrogens (tertiary/aromatic N) is 1. The van der Waals surface area contributed by atoms with Crippen LogP contribution in [0.2, 0.25) is 0 Å². The number of carbonyl (C=O) groups is 1. The smallest absolute Gasteiger partial charge is 0.193 e. The van der Waals surface area contributed by atoms with E-state index in [1.807, 2.05) is 12.1 Å². The molecule has 120 valence electrons. The summed E-state index contributed by atoms with van der Waals surface area (Å²) in [6.45, 7) is 4.25. The van der Waals surface area contributed by atoms with Gasteiger partial charge in [0.05, 0.1) is 17.7 Å². The Bertz CT molecular complexity index is 697. The Labute approximate surface area is 143 Å². The summed E-state index contributed by atoms with van der Waals surface area (Å²) >= 11 is 3.09. The summed E-state index contributed by atoms with van der Waals surface area (Å²) in [7, 11) is 0. The van der Waals surface area contributed by atoms with Crippen LogP contribution in [0, 0.1) is 5.82 Å². The lowest BCUT2D eigenvalue weighted by Crippen LogP contribution is -2.35. The Balaban J connectivity index is 1.70. The van der Waals surface area contributed by atoms with E-state index in [1.54, 1.807) is 24.3 Å². The van der Waals surface area contributed by atoms with Gasteiger partial charge in [-0.15, -0.1) is 0 Å². The van der Waals surface area contributed by atoms with Crippen LogP contribution in [0.15, 0.2) is 46.9 Å². The predicted molar refractivity (Wildman–Crippen MR) is 90.1 cm³/mol. The van der Waals surface area contributed by atoms with Crippen LogP contribution < -0.4 is 0 Å². The third kappa shape index (κ3) is 4.05. The average Bonchev–Trinajstić information content (AvgIpc) is 2.58. The molecule has 0 atom stereocenters. The van der Waals surface area contributed by atoms with Crippen LogP contribution in [-0.2, 0) is 11.3 Å².